The van der Waals surface area contributed by atoms with Gasteiger partial charge in [-0.25, -0.2) is 0 Å². The normalized spacial score (nSPS) is 20.0. The van der Waals surface area contributed by atoms with Gasteiger partial charge >= 0.3 is 0 Å². The lowest BCUT2D eigenvalue weighted by atomic mass is 9.99. The summed E-state index contributed by atoms with van der Waals surface area (Å²) >= 11 is 0. The largest absolute Gasteiger partial charge is 0.383 e. The van der Waals surface area contributed by atoms with Crippen molar-refractivity contribution in [3.63, 3.8) is 0 Å². The third kappa shape index (κ3) is 1.41. The molecule has 1 aromatic heterocycles. The topological polar surface area (TPSA) is 44.9 Å². The number of carbonyl (C=O) groups is 1. The number of rotatable bonds is 1. The third-order valence-corrected chi connectivity index (χ3v) is 2.97. The lowest BCUT2D eigenvalue weighted by Crippen LogP contribution is -2.22. The number of para-hydroxylation sites is 1. The lowest BCUT2D eigenvalue weighted by molar-refractivity contribution is -0.115. The molecule has 2 aromatic rings. The van der Waals surface area contributed by atoms with Gasteiger partial charge in [-0.1, -0.05) is 18.2 Å². The van der Waals surface area contributed by atoms with Crippen LogP contribution in [0.1, 0.15) is 18.0 Å². The highest BCUT2D eigenvalue weighted by molar-refractivity contribution is 5.92. The molecule has 3 nitrogen and oxygen atoms in total. The summed E-state index contributed by atoms with van der Waals surface area (Å²) in [5, 5.41) is 4.41. The van der Waals surface area contributed by atoms with Gasteiger partial charge in [0.25, 0.3) is 0 Å². The minimum atomic E-state index is 0.0913. The number of ketones is 1. The molecule has 1 aliphatic rings. The van der Waals surface area contributed by atoms with Crippen molar-refractivity contribution in [3.8, 4) is 0 Å². The summed E-state index contributed by atoms with van der Waals surface area (Å²) in [5.74, 6) is 0.175. The van der Waals surface area contributed by atoms with Gasteiger partial charge in [0.05, 0.1) is 6.04 Å². The predicted octanol–water partition coefficient (Wildman–Crippen LogP) is 2.29. The van der Waals surface area contributed by atoms with Crippen LogP contribution in [0.5, 0.6) is 0 Å². The van der Waals surface area contributed by atoms with E-state index in [-0.39, 0.29) is 11.8 Å². The Bertz CT molecular complexity index is 568. The molecule has 1 unspecified atom stereocenters. The maximum absolute atomic E-state index is 11.4. The molecule has 0 saturated heterocycles. The smallest absolute Gasteiger partial charge is 0.159 e. The van der Waals surface area contributed by atoms with Crippen LogP contribution in [0.2, 0.25) is 0 Å². The first-order valence-corrected chi connectivity index (χ1v) is 5.36. The Labute approximate surface area is 93.2 Å². The van der Waals surface area contributed by atoms with Gasteiger partial charge in [0, 0.05) is 35.3 Å². The molecular formula is C13H12N2O. The van der Waals surface area contributed by atoms with Crippen LogP contribution >= 0.6 is 0 Å². The average Bonchev–Trinajstić information content (AvgIpc) is 2.72. The minimum Gasteiger partial charge on any atom is -0.383 e. The summed E-state index contributed by atoms with van der Waals surface area (Å²) < 4.78 is 0. The van der Waals surface area contributed by atoms with E-state index in [1.54, 1.807) is 12.3 Å². The summed E-state index contributed by atoms with van der Waals surface area (Å²) in [7, 11) is 0. The van der Waals surface area contributed by atoms with Crippen molar-refractivity contribution in [2.45, 2.75) is 12.5 Å². The van der Waals surface area contributed by atoms with E-state index in [0.717, 1.165) is 11.1 Å². The van der Waals surface area contributed by atoms with Crippen LogP contribution in [0.15, 0.2) is 42.7 Å². The van der Waals surface area contributed by atoms with Crippen LogP contribution in [0.25, 0.3) is 10.9 Å². The molecule has 3 heteroatoms. The van der Waals surface area contributed by atoms with Gasteiger partial charge in [-0.05, 0) is 12.1 Å². The number of hydrogen-bond acceptors (Lipinski definition) is 2. The minimum absolute atomic E-state index is 0.0913. The fourth-order valence-corrected chi connectivity index (χ4v) is 2.17. The molecular weight excluding hydrogens is 200 g/mol. The van der Waals surface area contributed by atoms with E-state index in [1.165, 1.54) is 5.39 Å². The fraction of sp³-hybridized carbons (Fsp3) is 0.154. The lowest BCUT2D eigenvalue weighted by Gasteiger charge is -2.18. The summed E-state index contributed by atoms with van der Waals surface area (Å²) in [6.45, 7) is 0. The van der Waals surface area contributed by atoms with Crippen LogP contribution in [0, 0.1) is 0 Å². The van der Waals surface area contributed by atoms with E-state index < -0.39 is 0 Å². The Hall–Kier alpha value is -2.03. The van der Waals surface area contributed by atoms with Crippen LogP contribution in [-0.2, 0) is 4.79 Å². The van der Waals surface area contributed by atoms with Crippen LogP contribution in [0.4, 0.5) is 0 Å². The number of aromatic nitrogens is 1. The van der Waals surface area contributed by atoms with Crippen molar-refractivity contribution in [1.29, 1.82) is 0 Å². The Balaban J connectivity index is 2.06. The molecule has 1 atom stereocenters. The second-order valence-corrected chi connectivity index (χ2v) is 4.01. The van der Waals surface area contributed by atoms with Gasteiger partial charge in [0.15, 0.2) is 5.78 Å². The second-order valence-electron chi connectivity index (χ2n) is 4.01. The van der Waals surface area contributed by atoms with Gasteiger partial charge in [0.2, 0.25) is 0 Å². The average molecular weight is 212 g/mol. The maximum Gasteiger partial charge on any atom is 0.159 e. The monoisotopic (exact) mass is 212 g/mol. The highest BCUT2D eigenvalue weighted by Crippen LogP contribution is 2.27. The van der Waals surface area contributed by atoms with Crippen LogP contribution in [0.3, 0.4) is 0 Å². The molecule has 2 heterocycles. The van der Waals surface area contributed by atoms with Crippen molar-refractivity contribution >= 4 is 16.7 Å². The van der Waals surface area contributed by atoms with E-state index in [9.17, 15) is 4.79 Å². The first-order chi connectivity index (χ1) is 7.84. The number of allylic oxidation sites excluding steroid dienone is 1. The van der Waals surface area contributed by atoms with Crippen molar-refractivity contribution in [1.82, 2.24) is 10.3 Å². The van der Waals surface area contributed by atoms with Gasteiger partial charge < -0.3 is 10.3 Å². The molecule has 16 heavy (non-hydrogen) atoms. The fourth-order valence-electron chi connectivity index (χ4n) is 2.17. The summed E-state index contributed by atoms with van der Waals surface area (Å²) in [5.41, 5.74) is 2.27. The number of carbonyl (C=O) groups excluding carboxylic acids is 1. The Kier molecular flexibility index (Phi) is 2.03. The summed E-state index contributed by atoms with van der Waals surface area (Å²) in [6, 6.07) is 8.22. The Morgan fingerprint density at radius 2 is 2.12 bits per heavy atom. The number of nitrogens with one attached hydrogen (secondary N) is 2. The van der Waals surface area contributed by atoms with E-state index in [2.05, 4.69) is 16.4 Å². The van der Waals surface area contributed by atoms with Crippen molar-refractivity contribution in [2.24, 2.45) is 0 Å². The van der Waals surface area contributed by atoms with Crippen molar-refractivity contribution in [2.75, 3.05) is 0 Å². The molecule has 0 aliphatic carbocycles. The standard InChI is InChI=1S/C13H12N2O/c16-9-5-6-14-13(7-9)11-8-15-12-4-2-1-3-10(11)12/h1-6,8,13-15H,7H2. The molecule has 80 valence electrons. The van der Waals surface area contributed by atoms with E-state index in [1.807, 2.05) is 24.4 Å². The van der Waals surface area contributed by atoms with Crippen molar-refractivity contribution in [3.05, 3.63) is 48.3 Å². The Morgan fingerprint density at radius 3 is 3.00 bits per heavy atom. The molecule has 0 radical (unpaired) electrons. The van der Waals surface area contributed by atoms with Crippen molar-refractivity contribution < 1.29 is 4.79 Å². The first-order valence-electron chi connectivity index (χ1n) is 5.36. The van der Waals surface area contributed by atoms with Gasteiger partial charge in [-0.2, -0.15) is 0 Å². The SMILES string of the molecule is O=C1C=CNC(c2c[nH]c3ccccc23)C1. The molecule has 1 aliphatic heterocycles. The predicted molar refractivity (Wildman–Crippen MR) is 62.9 cm³/mol. The quantitative estimate of drug-likeness (QED) is 0.761. The number of hydrogen-bond donors (Lipinski definition) is 2. The molecule has 0 spiro atoms. The number of H-pyrrole nitrogens is 1. The van der Waals surface area contributed by atoms with E-state index in [4.69, 9.17) is 0 Å². The third-order valence-electron chi connectivity index (χ3n) is 2.97. The second kappa shape index (κ2) is 3.52. The van der Waals surface area contributed by atoms with E-state index >= 15 is 0 Å². The molecule has 0 fully saturated rings. The van der Waals surface area contributed by atoms with Crippen LogP contribution < -0.4 is 5.32 Å². The molecule has 2 N–H and O–H groups in total. The number of benzene rings is 1. The Morgan fingerprint density at radius 1 is 1.25 bits per heavy atom. The molecule has 1 aromatic carbocycles. The van der Waals surface area contributed by atoms with E-state index in [0.29, 0.717) is 6.42 Å². The maximum atomic E-state index is 11.4. The molecule has 0 amide bonds. The van der Waals surface area contributed by atoms with Gasteiger partial charge in [-0.3, -0.25) is 4.79 Å². The molecule has 3 rings (SSSR count). The molecule has 0 bridgehead atoms. The van der Waals surface area contributed by atoms with Gasteiger partial charge in [0.1, 0.15) is 0 Å². The number of fused-ring (bicyclic) bond motifs is 1. The first kappa shape index (κ1) is 9.21. The summed E-state index contributed by atoms with van der Waals surface area (Å²) in [4.78, 5) is 14.6. The summed E-state index contributed by atoms with van der Waals surface area (Å²) in [6.07, 6.45) is 5.83. The molecule has 0 saturated carbocycles. The number of aromatic amines is 1. The van der Waals surface area contributed by atoms with Crippen LogP contribution in [-0.4, -0.2) is 10.8 Å². The highest BCUT2D eigenvalue weighted by atomic mass is 16.1. The highest BCUT2D eigenvalue weighted by Gasteiger charge is 2.19. The zero-order valence-electron chi connectivity index (χ0n) is 8.73. The zero-order valence-corrected chi connectivity index (χ0v) is 8.73. The van der Waals surface area contributed by atoms with Gasteiger partial charge in [-0.15, -0.1) is 0 Å². The zero-order chi connectivity index (χ0) is 11.0.